The minimum Gasteiger partial charge on any atom is -0.454 e. The van der Waals surface area contributed by atoms with Crippen LogP contribution in [-0.4, -0.2) is 55.7 Å². The molecular weight excluding hydrogens is 370 g/mol. The Balaban J connectivity index is 1.26. The number of fused-ring (bicyclic) bond motifs is 1. The van der Waals surface area contributed by atoms with Gasteiger partial charge < -0.3 is 24.6 Å². The molecule has 0 unspecified atom stereocenters. The van der Waals surface area contributed by atoms with Crippen molar-refractivity contribution >= 4 is 11.8 Å². The summed E-state index contributed by atoms with van der Waals surface area (Å²) < 4.78 is 10.8. The second kappa shape index (κ2) is 8.53. The monoisotopic (exact) mass is 396 g/mol. The molecule has 2 N–H and O–H groups in total. The summed E-state index contributed by atoms with van der Waals surface area (Å²) in [7, 11) is 0. The number of ether oxygens (including phenoxy) is 2. The molecule has 2 heterocycles. The van der Waals surface area contributed by atoms with Gasteiger partial charge in [0.15, 0.2) is 11.5 Å². The predicted octanol–water partition coefficient (Wildman–Crippen LogP) is 0.461. The summed E-state index contributed by atoms with van der Waals surface area (Å²) >= 11 is 0. The normalized spacial score (nSPS) is 17.1. The van der Waals surface area contributed by atoms with Crippen molar-refractivity contribution < 1.29 is 24.0 Å². The lowest BCUT2D eigenvalue weighted by Gasteiger charge is -2.33. The number of hydrogen-bond donors (Lipinski definition) is 2. The molecule has 2 aromatic carbocycles. The van der Waals surface area contributed by atoms with E-state index >= 15 is 0 Å². The smallest absolute Gasteiger partial charge is 0.251 e. The van der Waals surface area contributed by atoms with Crippen LogP contribution in [0.15, 0.2) is 48.5 Å². The minimum atomic E-state index is -0.543. The van der Waals surface area contributed by atoms with Crippen LogP contribution in [0.4, 0.5) is 0 Å². The first-order valence-electron chi connectivity index (χ1n) is 9.97. The zero-order chi connectivity index (χ0) is 20.2. The van der Waals surface area contributed by atoms with Gasteiger partial charge in [-0.15, -0.1) is 0 Å². The first-order chi connectivity index (χ1) is 14.1. The third-order valence-corrected chi connectivity index (χ3v) is 5.43. The molecule has 1 fully saturated rings. The van der Waals surface area contributed by atoms with E-state index in [-0.39, 0.29) is 18.6 Å². The number of amides is 2. The van der Waals surface area contributed by atoms with Crippen molar-refractivity contribution in [3.05, 3.63) is 59.7 Å². The van der Waals surface area contributed by atoms with Crippen molar-refractivity contribution in [1.29, 1.82) is 0 Å². The van der Waals surface area contributed by atoms with E-state index in [0.717, 1.165) is 31.1 Å². The molecule has 152 valence electrons. The molecule has 29 heavy (non-hydrogen) atoms. The molecule has 1 saturated heterocycles. The van der Waals surface area contributed by atoms with Gasteiger partial charge in [-0.3, -0.25) is 9.59 Å². The van der Waals surface area contributed by atoms with Crippen molar-refractivity contribution in [3.63, 3.8) is 0 Å². The molecule has 0 saturated carbocycles. The van der Waals surface area contributed by atoms with Crippen LogP contribution in [0.5, 0.6) is 11.5 Å². The van der Waals surface area contributed by atoms with Gasteiger partial charge in [-0.25, -0.2) is 0 Å². The number of benzene rings is 2. The number of carbonyl (C=O) groups is 2. The number of carbonyl (C=O) groups excluding carboxylic acids is 2. The average molecular weight is 396 g/mol. The zero-order valence-electron chi connectivity index (χ0n) is 16.5. The van der Waals surface area contributed by atoms with E-state index in [1.165, 1.54) is 10.5 Å². The van der Waals surface area contributed by atoms with Gasteiger partial charge in [0.05, 0.1) is 26.2 Å². The van der Waals surface area contributed by atoms with Crippen molar-refractivity contribution in [3.8, 4) is 11.5 Å². The fraction of sp³-hybridized carbons (Fsp3) is 0.364. The fourth-order valence-electron chi connectivity index (χ4n) is 3.76. The number of piperazine rings is 1. The summed E-state index contributed by atoms with van der Waals surface area (Å²) in [5.41, 5.74) is 1.76. The summed E-state index contributed by atoms with van der Waals surface area (Å²) in [4.78, 5) is 28.3. The second-order valence-electron chi connectivity index (χ2n) is 7.50. The summed E-state index contributed by atoms with van der Waals surface area (Å²) in [5.74, 6) is 1.35. The molecule has 2 amide bonds. The maximum absolute atomic E-state index is 12.7. The Morgan fingerprint density at radius 3 is 2.55 bits per heavy atom. The van der Waals surface area contributed by atoms with E-state index in [1.54, 1.807) is 19.1 Å². The lowest BCUT2D eigenvalue weighted by molar-refractivity contribution is -0.917. The number of quaternary nitrogens is 1. The Hall–Kier alpha value is -3.06. The van der Waals surface area contributed by atoms with Crippen LogP contribution < -0.4 is 19.7 Å². The highest BCUT2D eigenvalue weighted by Crippen LogP contribution is 2.32. The molecule has 0 bridgehead atoms. The third kappa shape index (κ3) is 4.51. The molecule has 4 rings (SSSR count). The van der Waals surface area contributed by atoms with Gasteiger partial charge in [0.1, 0.15) is 12.6 Å². The molecule has 1 atom stereocenters. The van der Waals surface area contributed by atoms with Crippen LogP contribution >= 0.6 is 0 Å². The highest BCUT2D eigenvalue weighted by molar-refractivity contribution is 5.97. The van der Waals surface area contributed by atoms with Crippen LogP contribution in [-0.2, 0) is 11.3 Å². The van der Waals surface area contributed by atoms with Gasteiger partial charge in [-0.1, -0.05) is 18.2 Å². The molecule has 0 radical (unpaired) electrons. The average Bonchev–Trinajstić information content (AvgIpc) is 3.22. The van der Waals surface area contributed by atoms with E-state index < -0.39 is 6.04 Å². The van der Waals surface area contributed by atoms with Gasteiger partial charge in [-0.05, 0) is 37.3 Å². The van der Waals surface area contributed by atoms with Gasteiger partial charge >= 0.3 is 0 Å². The molecule has 7 heteroatoms. The first-order valence-corrected chi connectivity index (χ1v) is 9.97. The molecule has 7 nitrogen and oxygen atoms in total. The molecule has 2 aliphatic rings. The number of hydrogen-bond acceptors (Lipinski definition) is 4. The number of rotatable bonds is 5. The van der Waals surface area contributed by atoms with Gasteiger partial charge in [0.25, 0.3) is 5.91 Å². The van der Waals surface area contributed by atoms with Gasteiger partial charge in [-0.2, -0.15) is 0 Å². The molecule has 0 aromatic heterocycles. The topological polar surface area (TPSA) is 72.3 Å². The Labute approximate surface area is 170 Å². The quantitative estimate of drug-likeness (QED) is 0.770. The van der Waals surface area contributed by atoms with Crippen LogP contribution in [0.3, 0.4) is 0 Å². The molecule has 0 aliphatic carbocycles. The van der Waals surface area contributed by atoms with Crippen molar-refractivity contribution in [2.75, 3.05) is 33.0 Å². The van der Waals surface area contributed by atoms with E-state index in [2.05, 4.69) is 11.4 Å². The van der Waals surface area contributed by atoms with E-state index in [0.29, 0.717) is 18.7 Å². The van der Waals surface area contributed by atoms with Crippen LogP contribution in [0, 0.1) is 0 Å². The summed E-state index contributed by atoms with van der Waals surface area (Å²) in [6.07, 6.45) is 0. The number of nitrogens with zero attached hydrogens (tertiary/aromatic N) is 1. The second-order valence-corrected chi connectivity index (χ2v) is 7.50. The standard InChI is InChI=1S/C22H25N3O4/c1-16(23-21(26)18-5-3-2-4-6-18)22(27)25-11-9-24(10-12-25)14-17-7-8-19-20(13-17)29-15-28-19/h2-8,13,16H,9-12,14-15H2,1H3,(H,23,26)/p+1/t16-/m0/s1. The Morgan fingerprint density at radius 2 is 1.79 bits per heavy atom. The fourth-order valence-corrected chi connectivity index (χ4v) is 3.76. The highest BCUT2D eigenvalue weighted by atomic mass is 16.7. The first kappa shape index (κ1) is 19.3. The lowest BCUT2D eigenvalue weighted by atomic mass is 10.1. The zero-order valence-corrected chi connectivity index (χ0v) is 16.5. The lowest BCUT2D eigenvalue weighted by Crippen LogP contribution is -3.13. The minimum absolute atomic E-state index is 0.0311. The highest BCUT2D eigenvalue weighted by Gasteiger charge is 2.28. The molecular formula is C22H26N3O4+. The predicted molar refractivity (Wildman–Crippen MR) is 107 cm³/mol. The van der Waals surface area contributed by atoms with Gasteiger partial charge in [0, 0.05) is 11.1 Å². The van der Waals surface area contributed by atoms with Crippen LogP contribution in [0.2, 0.25) is 0 Å². The Kier molecular flexibility index (Phi) is 5.67. The number of nitrogens with one attached hydrogen (secondary N) is 2. The molecule has 0 spiro atoms. The summed E-state index contributed by atoms with van der Waals surface area (Å²) in [6, 6.07) is 14.5. The molecule has 2 aliphatic heterocycles. The van der Waals surface area contributed by atoms with Gasteiger partial charge in [0.2, 0.25) is 12.7 Å². The van der Waals surface area contributed by atoms with Crippen LogP contribution in [0.25, 0.3) is 0 Å². The maximum Gasteiger partial charge on any atom is 0.251 e. The van der Waals surface area contributed by atoms with E-state index in [9.17, 15) is 9.59 Å². The largest absolute Gasteiger partial charge is 0.454 e. The SMILES string of the molecule is C[C@H](NC(=O)c1ccccc1)C(=O)N1CC[NH+](Cc2ccc3c(c2)OCO3)CC1. The van der Waals surface area contributed by atoms with Crippen LogP contribution in [0.1, 0.15) is 22.8 Å². The van der Waals surface area contributed by atoms with E-state index in [4.69, 9.17) is 9.47 Å². The Bertz CT molecular complexity index is 879. The maximum atomic E-state index is 12.7. The van der Waals surface area contributed by atoms with Crippen molar-refractivity contribution in [2.24, 2.45) is 0 Å². The third-order valence-electron chi connectivity index (χ3n) is 5.43. The van der Waals surface area contributed by atoms with Crippen molar-refractivity contribution in [2.45, 2.75) is 19.5 Å². The Morgan fingerprint density at radius 1 is 1.07 bits per heavy atom. The van der Waals surface area contributed by atoms with E-state index in [1.807, 2.05) is 35.2 Å². The summed E-state index contributed by atoms with van der Waals surface area (Å²) in [6.45, 7) is 6.03. The van der Waals surface area contributed by atoms with Crippen molar-refractivity contribution in [1.82, 2.24) is 10.2 Å². The summed E-state index contributed by atoms with van der Waals surface area (Å²) in [5, 5.41) is 2.81. The molecule has 2 aromatic rings.